The summed E-state index contributed by atoms with van der Waals surface area (Å²) in [6, 6.07) is 0.574. The Morgan fingerprint density at radius 3 is 2.62 bits per heavy atom. The van der Waals surface area contributed by atoms with E-state index in [9.17, 15) is 0 Å². The zero-order valence-corrected chi connectivity index (χ0v) is 15.3. The molecule has 0 spiro atoms. The van der Waals surface area contributed by atoms with Gasteiger partial charge in [-0.2, -0.15) is 11.8 Å². The molecule has 0 amide bonds. The molecule has 0 aromatic heterocycles. The largest absolute Gasteiger partial charge is 0.355 e. The molecule has 1 rings (SSSR count). The molecule has 0 saturated heterocycles. The van der Waals surface area contributed by atoms with Crippen LogP contribution in [0.3, 0.4) is 0 Å². The lowest BCUT2D eigenvalue weighted by Gasteiger charge is -2.30. The fraction of sp³-hybridized carbons (Fsp3) is 0.938. The van der Waals surface area contributed by atoms with E-state index in [0.717, 1.165) is 24.3 Å². The van der Waals surface area contributed by atoms with Gasteiger partial charge < -0.3 is 16.0 Å². The predicted molar refractivity (Wildman–Crippen MR) is 96.4 cm³/mol. The van der Waals surface area contributed by atoms with Crippen LogP contribution in [0.1, 0.15) is 53.4 Å². The van der Waals surface area contributed by atoms with Crippen molar-refractivity contribution in [3.63, 3.8) is 0 Å². The number of hydrogen-bond acceptors (Lipinski definition) is 3. The number of aliphatic imine (C=N–C) groups is 1. The number of nitrogens with one attached hydrogen (secondary N) is 3. The summed E-state index contributed by atoms with van der Waals surface area (Å²) in [4.78, 5) is 4.35. The normalized spacial score (nSPS) is 24.0. The molecule has 2 unspecified atom stereocenters. The summed E-state index contributed by atoms with van der Waals surface area (Å²) >= 11 is 2.10. The van der Waals surface area contributed by atoms with Crippen LogP contribution in [0.5, 0.6) is 0 Å². The molecule has 1 aliphatic rings. The van der Waals surface area contributed by atoms with Gasteiger partial charge >= 0.3 is 0 Å². The van der Waals surface area contributed by atoms with Gasteiger partial charge in [0.2, 0.25) is 0 Å². The maximum atomic E-state index is 4.35. The van der Waals surface area contributed by atoms with Crippen LogP contribution in [0.15, 0.2) is 4.99 Å². The zero-order valence-electron chi connectivity index (χ0n) is 14.5. The van der Waals surface area contributed by atoms with Crippen molar-refractivity contribution in [1.29, 1.82) is 0 Å². The Labute approximate surface area is 135 Å². The summed E-state index contributed by atoms with van der Waals surface area (Å²) in [7, 11) is 1.85. The van der Waals surface area contributed by atoms with Gasteiger partial charge in [-0.1, -0.05) is 13.3 Å². The predicted octanol–water partition coefficient (Wildman–Crippen LogP) is 2.60. The van der Waals surface area contributed by atoms with Crippen molar-refractivity contribution in [3.05, 3.63) is 0 Å². The molecule has 3 N–H and O–H groups in total. The van der Waals surface area contributed by atoms with Gasteiger partial charge in [0.1, 0.15) is 0 Å². The zero-order chi connectivity index (χ0) is 15.7. The number of hydrogen-bond donors (Lipinski definition) is 3. The van der Waals surface area contributed by atoms with E-state index in [0.29, 0.717) is 6.04 Å². The lowest BCUT2D eigenvalue weighted by molar-refractivity contribution is 0.414. The van der Waals surface area contributed by atoms with E-state index in [4.69, 9.17) is 0 Å². The molecule has 21 heavy (non-hydrogen) atoms. The highest BCUT2D eigenvalue weighted by Crippen LogP contribution is 2.28. The first-order valence-electron chi connectivity index (χ1n) is 8.28. The first kappa shape index (κ1) is 18.6. The van der Waals surface area contributed by atoms with Gasteiger partial charge in [-0.25, -0.2) is 0 Å². The minimum atomic E-state index is 0.173. The lowest BCUT2D eigenvalue weighted by Crippen LogP contribution is -2.48. The fourth-order valence-electron chi connectivity index (χ4n) is 2.67. The van der Waals surface area contributed by atoms with Crippen molar-refractivity contribution in [3.8, 4) is 0 Å². The summed E-state index contributed by atoms with van der Waals surface area (Å²) in [5.74, 6) is 2.17. The van der Waals surface area contributed by atoms with Crippen molar-refractivity contribution < 1.29 is 0 Å². The smallest absolute Gasteiger partial charge is 0.191 e. The molecule has 1 aliphatic carbocycles. The number of guanidine groups is 1. The Kier molecular flexibility index (Phi) is 8.49. The molecular weight excluding hydrogens is 280 g/mol. The summed E-state index contributed by atoms with van der Waals surface area (Å²) in [5.41, 5.74) is 0.173. The van der Waals surface area contributed by atoms with Crippen molar-refractivity contribution >= 4 is 17.7 Å². The van der Waals surface area contributed by atoms with Crippen LogP contribution in [-0.4, -0.2) is 48.7 Å². The minimum absolute atomic E-state index is 0.173. The quantitative estimate of drug-likeness (QED) is 0.401. The topological polar surface area (TPSA) is 48.5 Å². The van der Waals surface area contributed by atoms with Gasteiger partial charge in [0.15, 0.2) is 5.96 Å². The maximum Gasteiger partial charge on any atom is 0.191 e. The van der Waals surface area contributed by atoms with Crippen LogP contribution < -0.4 is 16.0 Å². The Balaban J connectivity index is 2.27. The summed E-state index contributed by atoms with van der Waals surface area (Å²) < 4.78 is 0. The van der Waals surface area contributed by atoms with Gasteiger partial charge in [-0.15, -0.1) is 0 Å². The summed E-state index contributed by atoms with van der Waals surface area (Å²) in [6.07, 6.45) is 5.23. The van der Waals surface area contributed by atoms with Crippen LogP contribution in [0.2, 0.25) is 0 Å². The Morgan fingerprint density at radius 2 is 2.00 bits per heavy atom. The van der Waals surface area contributed by atoms with Crippen molar-refractivity contribution in [2.45, 2.75) is 70.2 Å². The second-order valence-electron chi connectivity index (χ2n) is 6.76. The van der Waals surface area contributed by atoms with E-state index in [1.54, 1.807) is 0 Å². The Hall–Kier alpha value is -0.420. The van der Waals surface area contributed by atoms with Gasteiger partial charge in [0, 0.05) is 37.0 Å². The molecule has 0 heterocycles. The van der Waals surface area contributed by atoms with E-state index >= 15 is 0 Å². The third-order valence-corrected chi connectivity index (χ3v) is 4.90. The average Bonchev–Trinajstić information content (AvgIpc) is 2.42. The second kappa shape index (κ2) is 9.57. The third-order valence-electron chi connectivity index (χ3n) is 3.67. The summed E-state index contributed by atoms with van der Waals surface area (Å²) in [6.45, 7) is 10.7. The molecule has 4 nitrogen and oxygen atoms in total. The molecule has 124 valence electrons. The molecule has 2 atom stereocenters. The first-order chi connectivity index (χ1) is 9.94. The molecule has 0 bridgehead atoms. The Bertz CT molecular complexity index is 310. The monoisotopic (exact) mass is 314 g/mol. The second-order valence-corrected chi connectivity index (χ2v) is 8.34. The lowest BCUT2D eigenvalue weighted by atomic mass is 9.95. The Morgan fingerprint density at radius 1 is 1.24 bits per heavy atom. The molecule has 1 saturated carbocycles. The summed E-state index contributed by atoms with van der Waals surface area (Å²) in [5, 5.41) is 11.3. The molecule has 1 fully saturated rings. The van der Waals surface area contributed by atoms with Crippen LogP contribution in [-0.2, 0) is 0 Å². The van der Waals surface area contributed by atoms with E-state index < -0.39 is 0 Å². The van der Waals surface area contributed by atoms with Gasteiger partial charge in [0.05, 0.1) is 0 Å². The highest BCUT2D eigenvalue weighted by Gasteiger charge is 2.22. The molecule has 0 aromatic rings. The molecule has 0 radical (unpaired) electrons. The van der Waals surface area contributed by atoms with Crippen molar-refractivity contribution in [1.82, 2.24) is 16.0 Å². The molecular formula is C16H34N4S. The van der Waals surface area contributed by atoms with Gasteiger partial charge in [0.25, 0.3) is 0 Å². The molecule has 0 aromatic carbocycles. The molecule has 0 aliphatic heterocycles. The maximum absolute atomic E-state index is 4.35. The van der Waals surface area contributed by atoms with E-state index in [1.165, 1.54) is 31.4 Å². The van der Waals surface area contributed by atoms with Crippen LogP contribution in [0, 0.1) is 0 Å². The van der Waals surface area contributed by atoms with Crippen molar-refractivity contribution in [2.24, 2.45) is 4.99 Å². The van der Waals surface area contributed by atoms with Crippen LogP contribution in [0.25, 0.3) is 0 Å². The number of rotatable bonds is 6. The van der Waals surface area contributed by atoms with Gasteiger partial charge in [-0.05, 0) is 45.8 Å². The van der Waals surface area contributed by atoms with Crippen molar-refractivity contribution in [2.75, 3.05) is 25.9 Å². The third kappa shape index (κ3) is 8.57. The van der Waals surface area contributed by atoms with E-state index in [1.807, 2.05) is 7.05 Å². The van der Waals surface area contributed by atoms with E-state index in [2.05, 4.69) is 60.4 Å². The van der Waals surface area contributed by atoms with E-state index in [-0.39, 0.29) is 5.54 Å². The number of thioether (sulfide) groups is 1. The minimum Gasteiger partial charge on any atom is -0.355 e. The van der Waals surface area contributed by atoms with Crippen LogP contribution >= 0.6 is 11.8 Å². The van der Waals surface area contributed by atoms with Crippen LogP contribution in [0.4, 0.5) is 0 Å². The highest BCUT2D eigenvalue weighted by molar-refractivity contribution is 7.99. The fourth-order valence-corrected chi connectivity index (χ4v) is 3.84. The standard InChI is InChI=1S/C16H34N4S/c1-6-21-14-9-7-8-13(12-14)20-15(17-5)18-10-11-19-16(2,3)4/h13-14,19H,6-12H2,1-5H3,(H2,17,18,20). The molecule has 5 heteroatoms. The first-order valence-corrected chi connectivity index (χ1v) is 9.33. The highest BCUT2D eigenvalue weighted by atomic mass is 32.2. The SMILES string of the molecule is CCSC1CCCC(NC(=NC)NCCNC(C)(C)C)C1. The average molecular weight is 315 g/mol. The van der Waals surface area contributed by atoms with Gasteiger partial charge in [-0.3, -0.25) is 4.99 Å². The number of nitrogens with zero attached hydrogens (tertiary/aromatic N) is 1.